The first-order valence-corrected chi connectivity index (χ1v) is 9.83. The lowest BCUT2D eigenvalue weighted by Crippen LogP contribution is -2.37. The monoisotopic (exact) mass is 426 g/mol. The average molecular weight is 427 g/mol. The fraction of sp³-hybridized carbons (Fsp3) is 0.273. The first kappa shape index (κ1) is 19.4. The standard InChI is InChI=1S/C22H23BrN2O2/c1-14-7-12-20(15(2)13-14)25-22(27)19-6-4-3-5-18(19)21(26)24-17-10-8-16(23)9-11-17/h3-4,7-13,18-19H,5-6H2,1-2H3,(H,24,26)(H,25,27). The van der Waals surface area contributed by atoms with Crippen LogP contribution < -0.4 is 10.6 Å². The third-order valence-electron chi connectivity index (χ3n) is 4.86. The van der Waals surface area contributed by atoms with E-state index in [4.69, 9.17) is 0 Å². The van der Waals surface area contributed by atoms with Crippen molar-refractivity contribution in [2.24, 2.45) is 11.8 Å². The molecule has 0 bridgehead atoms. The van der Waals surface area contributed by atoms with Crippen molar-refractivity contribution in [3.8, 4) is 0 Å². The quantitative estimate of drug-likeness (QED) is 0.657. The molecule has 0 fully saturated rings. The highest BCUT2D eigenvalue weighted by Crippen LogP contribution is 2.29. The molecule has 2 aromatic carbocycles. The second kappa shape index (κ2) is 8.53. The van der Waals surface area contributed by atoms with E-state index in [9.17, 15) is 9.59 Å². The molecule has 1 aliphatic carbocycles. The number of nitrogens with one attached hydrogen (secondary N) is 2. The Hall–Kier alpha value is -2.40. The van der Waals surface area contributed by atoms with Crippen molar-refractivity contribution in [2.75, 3.05) is 10.6 Å². The van der Waals surface area contributed by atoms with Crippen molar-refractivity contribution < 1.29 is 9.59 Å². The predicted octanol–water partition coefficient (Wildman–Crippen LogP) is 5.23. The summed E-state index contributed by atoms with van der Waals surface area (Å²) >= 11 is 3.38. The molecule has 2 atom stereocenters. The normalized spacial score (nSPS) is 18.8. The Morgan fingerprint density at radius 3 is 2.07 bits per heavy atom. The van der Waals surface area contributed by atoms with Gasteiger partial charge >= 0.3 is 0 Å². The summed E-state index contributed by atoms with van der Waals surface area (Å²) < 4.78 is 0.951. The second-order valence-electron chi connectivity index (χ2n) is 6.96. The Kier molecular flexibility index (Phi) is 6.11. The van der Waals surface area contributed by atoms with Crippen LogP contribution in [0.25, 0.3) is 0 Å². The van der Waals surface area contributed by atoms with E-state index in [2.05, 4.69) is 26.6 Å². The molecule has 0 spiro atoms. The molecule has 0 heterocycles. The predicted molar refractivity (Wildman–Crippen MR) is 113 cm³/mol. The van der Waals surface area contributed by atoms with Crippen LogP contribution in [-0.2, 0) is 9.59 Å². The summed E-state index contributed by atoms with van der Waals surface area (Å²) in [6.07, 6.45) is 5.09. The maximum atomic E-state index is 12.9. The van der Waals surface area contributed by atoms with Crippen LogP contribution in [0.3, 0.4) is 0 Å². The van der Waals surface area contributed by atoms with Crippen LogP contribution in [-0.4, -0.2) is 11.8 Å². The number of carbonyl (C=O) groups is 2. The van der Waals surface area contributed by atoms with E-state index in [1.54, 1.807) is 0 Å². The van der Waals surface area contributed by atoms with Crippen LogP contribution in [0.15, 0.2) is 59.1 Å². The van der Waals surface area contributed by atoms with Gasteiger partial charge in [0.15, 0.2) is 0 Å². The number of carbonyl (C=O) groups excluding carboxylic acids is 2. The summed E-state index contributed by atoms with van der Waals surface area (Å²) in [6.45, 7) is 3.99. The van der Waals surface area contributed by atoms with Gasteiger partial charge in [0.2, 0.25) is 11.8 Å². The molecule has 140 valence electrons. The Morgan fingerprint density at radius 1 is 0.889 bits per heavy atom. The summed E-state index contributed by atoms with van der Waals surface area (Å²) in [5.41, 5.74) is 3.70. The molecule has 2 amide bonds. The van der Waals surface area contributed by atoms with Gasteiger partial charge in [0.1, 0.15) is 0 Å². The number of rotatable bonds is 4. The van der Waals surface area contributed by atoms with E-state index in [0.29, 0.717) is 12.8 Å². The number of halogens is 1. The molecule has 0 radical (unpaired) electrons. The number of benzene rings is 2. The van der Waals surface area contributed by atoms with E-state index < -0.39 is 0 Å². The second-order valence-corrected chi connectivity index (χ2v) is 7.88. The van der Waals surface area contributed by atoms with Crippen LogP contribution in [0.2, 0.25) is 0 Å². The number of hydrogen-bond donors (Lipinski definition) is 2. The van der Waals surface area contributed by atoms with Crippen molar-refractivity contribution in [3.63, 3.8) is 0 Å². The van der Waals surface area contributed by atoms with Gasteiger partial charge in [0.25, 0.3) is 0 Å². The Balaban J connectivity index is 1.72. The molecule has 27 heavy (non-hydrogen) atoms. The van der Waals surface area contributed by atoms with E-state index >= 15 is 0 Å². The molecule has 2 unspecified atom stereocenters. The lowest BCUT2D eigenvalue weighted by Gasteiger charge is -2.27. The number of hydrogen-bond acceptors (Lipinski definition) is 2. The number of allylic oxidation sites excluding steroid dienone is 2. The van der Waals surface area contributed by atoms with Gasteiger partial charge in [-0.15, -0.1) is 0 Å². The smallest absolute Gasteiger partial charge is 0.228 e. The molecule has 0 saturated carbocycles. The molecule has 0 saturated heterocycles. The topological polar surface area (TPSA) is 58.2 Å². The van der Waals surface area contributed by atoms with Crippen LogP contribution in [0.4, 0.5) is 11.4 Å². The average Bonchev–Trinajstić information content (AvgIpc) is 2.66. The molecule has 0 aliphatic heterocycles. The highest BCUT2D eigenvalue weighted by atomic mass is 79.9. The van der Waals surface area contributed by atoms with Gasteiger partial charge in [-0.2, -0.15) is 0 Å². The highest BCUT2D eigenvalue weighted by Gasteiger charge is 2.34. The van der Waals surface area contributed by atoms with Gasteiger partial charge in [-0.25, -0.2) is 0 Å². The third-order valence-corrected chi connectivity index (χ3v) is 5.39. The number of amides is 2. The minimum Gasteiger partial charge on any atom is -0.326 e. The largest absolute Gasteiger partial charge is 0.326 e. The fourth-order valence-corrected chi connectivity index (χ4v) is 3.61. The van der Waals surface area contributed by atoms with Gasteiger partial charge in [0, 0.05) is 15.8 Å². The van der Waals surface area contributed by atoms with Gasteiger partial charge in [-0.1, -0.05) is 45.8 Å². The van der Waals surface area contributed by atoms with Crippen LogP contribution in [0.5, 0.6) is 0 Å². The third kappa shape index (κ3) is 4.86. The van der Waals surface area contributed by atoms with Crippen LogP contribution in [0.1, 0.15) is 24.0 Å². The summed E-state index contributed by atoms with van der Waals surface area (Å²) in [6, 6.07) is 13.4. The Bertz CT molecular complexity index is 874. The van der Waals surface area contributed by atoms with Crippen molar-refractivity contribution in [2.45, 2.75) is 26.7 Å². The Morgan fingerprint density at radius 2 is 1.48 bits per heavy atom. The molecule has 2 aromatic rings. The molecule has 4 nitrogen and oxygen atoms in total. The molecular weight excluding hydrogens is 404 g/mol. The highest BCUT2D eigenvalue weighted by molar-refractivity contribution is 9.10. The van der Waals surface area contributed by atoms with E-state index in [1.807, 2.05) is 68.5 Å². The van der Waals surface area contributed by atoms with Gasteiger partial charge in [0.05, 0.1) is 11.8 Å². The summed E-state index contributed by atoms with van der Waals surface area (Å²) in [7, 11) is 0. The van der Waals surface area contributed by atoms with Crippen molar-refractivity contribution in [3.05, 3.63) is 70.2 Å². The van der Waals surface area contributed by atoms with Crippen LogP contribution in [0, 0.1) is 25.7 Å². The van der Waals surface area contributed by atoms with Crippen molar-refractivity contribution >= 4 is 39.1 Å². The molecule has 2 N–H and O–H groups in total. The lowest BCUT2D eigenvalue weighted by atomic mass is 9.81. The van der Waals surface area contributed by atoms with Gasteiger partial charge in [-0.3, -0.25) is 9.59 Å². The minimum atomic E-state index is -0.385. The molecule has 0 aromatic heterocycles. The zero-order valence-corrected chi connectivity index (χ0v) is 17.0. The first-order chi connectivity index (χ1) is 12.9. The van der Waals surface area contributed by atoms with Crippen molar-refractivity contribution in [1.82, 2.24) is 0 Å². The first-order valence-electron chi connectivity index (χ1n) is 9.03. The van der Waals surface area contributed by atoms with Gasteiger partial charge < -0.3 is 10.6 Å². The minimum absolute atomic E-state index is 0.109. The van der Waals surface area contributed by atoms with E-state index in [-0.39, 0.29) is 23.7 Å². The molecule has 1 aliphatic rings. The molecule has 5 heteroatoms. The van der Waals surface area contributed by atoms with Gasteiger partial charge in [-0.05, 0) is 62.6 Å². The molecule has 3 rings (SSSR count). The zero-order chi connectivity index (χ0) is 19.4. The van der Waals surface area contributed by atoms with Crippen molar-refractivity contribution in [1.29, 1.82) is 0 Å². The number of aryl methyl sites for hydroxylation is 2. The number of anilines is 2. The zero-order valence-electron chi connectivity index (χ0n) is 15.5. The SMILES string of the molecule is Cc1ccc(NC(=O)C2CC=CCC2C(=O)Nc2ccc(Br)cc2)c(C)c1. The fourth-order valence-electron chi connectivity index (χ4n) is 3.34. The summed E-state index contributed by atoms with van der Waals surface area (Å²) in [5.74, 6) is -1.000. The van der Waals surface area contributed by atoms with E-state index in [1.165, 1.54) is 0 Å². The summed E-state index contributed by atoms with van der Waals surface area (Å²) in [5, 5.41) is 5.94. The van der Waals surface area contributed by atoms with Crippen LogP contribution >= 0.6 is 15.9 Å². The summed E-state index contributed by atoms with van der Waals surface area (Å²) in [4.78, 5) is 25.7. The maximum absolute atomic E-state index is 12.9. The lowest BCUT2D eigenvalue weighted by molar-refractivity contribution is -0.129. The maximum Gasteiger partial charge on any atom is 0.228 e. The van der Waals surface area contributed by atoms with E-state index in [0.717, 1.165) is 27.0 Å². The molecular formula is C22H23BrN2O2. The Labute approximate surface area is 168 Å².